The van der Waals surface area contributed by atoms with Gasteiger partial charge in [-0.05, 0) is 123 Å². The molecule has 376 valence electrons. The summed E-state index contributed by atoms with van der Waals surface area (Å²) >= 11 is 0. The molecule has 4 rings (SSSR count). The Hall–Kier alpha value is -5.24. The summed E-state index contributed by atoms with van der Waals surface area (Å²) in [6, 6.07) is 28.0. The first-order chi connectivity index (χ1) is 33.8. The van der Waals surface area contributed by atoms with Gasteiger partial charge in [-0.2, -0.15) is 0 Å². The van der Waals surface area contributed by atoms with Gasteiger partial charge in [0.05, 0.1) is 17.5 Å². The van der Waals surface area contributed by atoms with Crippen LogP contribution in [0.1, 0.15) is 230 Å². The molecule has 0 aliphatic carbocycles. The molecule has 0 radical (unpaired) electrons. The van der Waals surface area contributed by atoms with E-state index in [0.717, 1.165) is 63.2 Å². The van der Waals surface area contributed by atoms with Crippen LogP contribution in [0.25, 0.3) is 0 Å². The molecule has 0 atom stereocenters. The Bertz CT molecular complexity index is 1850. The molecule has 0 spiro atoms. The van der Waals surface area contributed by atoms with Gasteiger partial charge in [0.25, 0.3) is 0 Å². The van der Waals surface area contributed by atoms with Crippen LogP contribution >= 0.6 is 0 Å². The molecule has 0 N–H and O–H groups in total. The molecule has 4 aromatic carbocycles. The van der Waals surface area contributed by atoms with Gasteiger partial charge in [0.15, 0.2) is 11.6 Å². The molecule has 0 aliphatic rings. The third-order valence-corrected chi connectivity index (χ3v) is 13.2. The monoisotopic (exact) mass is 943 g/mol. The van der Waals surface area contributed by atoms with E-state index in [1.165, 1.54) is 128 Å². The molecule has 8 heteroatoms. The average molecular weight is 943 g/mol. The fraction of sp³-hybridized carbons (Fsp3) is 0.541. The number of hydrogen-bond donors (Lipinski definition) is 0. The Morgan fingerprint density at radius 3 is 0.841 bits per heavy atom. The average Bonchev–Trinajstić information content (AvgIpc) is 3.37. The van der Waals surface area contributed by atoms with Crippen molar-refractivity contribution in [2.45, 2.75) is 188 Å². The summed E-state index contributed by atoms with van der Waals surface area (Å²) in [7, 11) is 0. The smallest absolute Gasteiger partial charge is 0.343 e. The number of carbonyl (C=O) groups is 4. The van der Waals surface area contributed by atoms with E-state index in [-0.39, 0.29) is 18.0 Å². The van der Waals surface area contributed by atoms with Crippen molar-refractivity contribution in [3.63, 3.8) is 0 Å². The molecule has 0 aliphatic heterocycles. The second-order valence-electron chi connectivity index (χ2n) is 19.0. The molecule has 0 bridgehead atoms. The van der Waals surface area contributed by atoms with Crippen LogP contribution in [0.2, 0.25) is 0 Å². The topological polar surface area (TPSA) is 93.2 Å². The molecule has 0 aromatic heterocycles. The zero-order valence-electron chi connectivity index (χ0n) is 43.1. The minimum absolute atomic E-state index is 0.315. The van der Waals surface area contributed by atoms with Crippen LogP contribution < -0.4 is 19.3 Å². The summed E-state index contributed by atoms with van der Waals surface area (Å²) in [5.41, 5.74) is 3.85. The van der Waals surface area contributed by atoms with Crippen molar-refractivity contribution in [3.05, 3.63) is 119 Å². The van der Waals surface area contributed by atoms with Crippen molar-refractivity contribution in [2.24, 2.45) is 0 Å². The Morgan fingerprint density at radius 1 is 0.319 bits per heavy atom. The van der Waals surface area contributed by atoms with Crippen LogP contribution in [0.3, 0.4) is 0 Å². The SMILES string of the molecule is CCCCCCCCN(CCCCCCCC)c1ccc(C(=O)Oc2ccc(C(=O)CC(=O)c3ccc(OC(=O)c4ccc(N(CCCCCCCC)CCCCCCCC)cc4)cc3)cc2)cc1. The summed E-state index contributed by atoms with van der Waals surface area (Å²) in [6.07, 6.45) is 29.8. The third-order valence-electron chi connectivity index (χ3n) is 13.2. The lowest BCUT2D eigenvalue weighted by Gasteiger charge is -2.25. The van der Waals surface area contributed by atoms with Crippen LogP contribution in [0.15, 0.2) is 97.1 Å². The van der Waals surface area contributed by atoms with Crippen molar-refractivity contribution in [3.8, 4) is 11.5 Å². The van der Waals surface area contributed by atoms with Crippen molar-refractivity contribution < 1.29 is 28.7 Å². The number of Topliss-reactive ketones (excluding diaryl/α,β-unsaturated/α-hetero) is 2. The molecule has 0 fully saturated rings. The van der Waals surface area contributed by atoms with E-state index in [2.05, 4.69) is 37.5 Å². The van der Waals surface area contributed by atoms with E-state index in [9.17, 15) is 19.2 Å². The lowest BCUT2D eigenvalue weighted by Crippen LogP contribution is -2.25. The van der Waals surface area contributed by atoms with Crippen LogP contribution in [0.5, 0.6) is 11.5 Å². The number of hydrogen-bond acceptors (Lipinski definition) is 8. The second-order valence-corrected chi connectivity index (χ2v) is 19.0. The fourth-order valence-electron chi connectivity index (χ4n) is 8.79. The number of benzene rings is 4. The van der Waals surface area contributed by atoms with Gasteiger partial charge in [0.2, 0.25) is 0 Å². The zero-order valence-corrected chi connectivity index (χ0v) is 43.1. The minimum atomic E-state index is -0.472. The highest BCUT2D eigenvalue weighted by molar-refractivity contribution is 6.13. The number of ether oxygens (including phenoxy) is 2. The minimum Gasteiger partial charge on any atom is -0.423 e. The molecule has 0 unspecified atom stereocenters. The predicted molar refractivity (Wildman–Crippen MR) is 287 cm³/mol. The van der Waals surface area contributed by atoms with E-state index >= 15 is 0 Å². The summed E-state index contributed by atoms with van der Waals surface area (Å²) in [5.74, 6) is -1.01. The van der Waals surface area contributed by atoms with Gasteiger partial charge in [-0.25, -0.2) is 9.59 Å². The van der Waals surface area contributed by atoms with Gasteiger partial charge in [-0.3, -0.25) is 9.59 Å². The summed E-state index contributed by atoms with van der Waals surface area (Å²) in [6.45, 7) is 13.0. The van der Waals surface area contributed by atoms with Crippen LogP contribution in [0.4, 0.5) is 11.4 Å². The number of carbonyl (C=O) groups excluding carboxylic acids is 4. The van der Waals surface area contributed by atoms with Crippen molar-refractivity contribution in [2.75, 3.05) is 36.0 Å². The number of rotatable bonds is 38. The van der Waals surface area contributed by atoms with Crippen LogP contribution in [0, 0.1) is 0 Å². The maximum Gasteiger partial charge on any atom is 0.343 e. The lowest BCUT2D eigenvalue weighted by atomic mass is 10.0. The van der Waals surface area contributed by atoms with Gasteiger partial charge in [0, 0.05) is 48.7 Å². The summed E-state index contributed by atoms with van der Waals surface area (Å²) < 4.78 is 11.3. The highest BCUT2D eigenvalue weighted by Crippen LogP contribution is 2.24. The Balaban J connectivity index is 1.25. The first kappa shape index (κ1) is 56.3. The molecule has 0 heterocycles. The molecule has 4 aromatic rings. The number of esters is 2. The second kappa shape index (κ2) is 34.1. The normalized spacial score (nSPS) is 11.1. The zero-order chi connectivity index (χ0) is 49.3. The summed E-state index contributed by atoms with van der Waals surface area (Å²) in [5, 5.41) is 0. The molecule has 0 saturated heterocycles. The van der Waals surface area contributed by atoms with Gasteiger partial charge < -0.3 is 19.3 Å². The highest BCUT2D eigenvalue weighted by Gasteiger charge is 2.17. The molecular formula is C61H86N2O6. The van der Waals surface area contributed by atoms with Gasteiger partial charge in [0.1, 0.15) is 11.5 Å². The van der Waals surface area contributed by atoms with Crippen LogP contribution in [-0.4, -0.2) is 49.7 Å². The van der Waals surface area contributed by atoms with Gasteiger partial charge >= 0.3 is 11.9 Å². The van der Waals surface area contributed by atoms with E-state index < -0.39 is 11.9 Å². The Morgan fingerprint density at radius 2 is 0.565 bits per heavy atom. The first-order valence-electron chi connectivity index (χ1n) is 27.2. The predicted octanol–water partition coefficient (Wildman–Crippen LogP) is 16.6. The molecule has 0 saturated carbocycles. The quantitative estimate of drug-likeness (QED) is 0.0144. The fourth-order valence-corrected chi connectivity index (χ4v) is 8.79. The van der Waals surface area contributed by atoms with E-state index in [0.29, 0.717) is 33.8 Å². The molecule has 8 nitrogen and oxygen atoms in total. The maximum atomic E-state index is 13.2. The van der Waals surface area contributed by atoms with E-state index in [4.69, 9.17) is 9.47 Å². The highest BCUT2D eigenvalue weighted by atomic mass is 16.5. The number of unbranched alkanes of at least 4 members (excludes halogenated alkanes) is 20. The number of anilines is 2. The maximum absolute atomic E-state index is 13.2. The van der Waals surface area contributed by atoms with Crippen molar-refractivity contribution >= 4 is 34.9 Å². The Labute approximate surface area is 416 Å². The van der Waals surface area contributed by atoms with E-state index in [1.54, 1.807) is 48.5 Å². The number of nitrogens with zero attached hydrogens (tertiary/aromatic N) is 2. The molecule has 0 amide bonds. The van der Waals surface area contributed by atoms with Gasteiger partial charge in [-0.1, -0.05) is 156 Å². The first-order valence-corrected chi connectivity index (χ1v) is 27.2. The molecular weight excluding hydrogens is 857 g/mol. The van der Waals surface area contributed by atoms with Crippen LogP contribution in [-0.2, 0) is 0 Å². The van der Waals surface area contributed by atoms with Gasteiger partial charge in [-0.15, -0.1) is 0 Å². The Kier molecular flexibility index (Phi) is 27.9. The largest absolute Gasteiger partial charge is 0.423 e. The summed E-state index contributed by atoms with van der Waals surface area (Å²) in [4.78, 5) is 57.5. The van der Waals surface area contributed by atoms with Crippen molar-refractivity contribution in [1.29, 1.82) is 0 Å². The third kappa shape index (κ3) is 21.9. The van der Waals surface area contributed by atoms with E-state index in [1.807, 2.05) is 48.5 Å². The molecule has 69 heavy (non-hydrogen) atoms. The van der Waals surface area contributed by atoms with Crippen molar-refractivity contribution in [1.82, 2.24) is 0 Å². The standard InChI is InChI=1S/C61H86N2O6/c1-5-9-13-17-21-25-45-62(46-26-22-18-14-10-6-2)54-37-29-52(30-38-54)60(66)68-56-41-33-50(34-42-56)58(64)49-59(65)51-35-43-57(44-36-51)69-61(67)53-31-39-55(40-32-53)63(47-27-23-19-15-11-7-3)48-28-24-20-16-12-8-4/h29-44H,5-28,45-49H2,1-4H3. The number of ketones is 2. The lowest BCUT2D eigenvalue weighted by molar-refractivity contribution is 0.0725.